The summed E-state index contributed by atoms with van der Waals surface area (Å²) in [6.07, 6.45) is 6.00. The van der Waals surface area contributed by atoms with Crippen LogP contribution >= 0.6 is 0 Å². The summed E-state index contributed by atoms with van der Waals surface area (Å²) < 4.78 is 10.6. The van der Waals surface area contributed by atoms with Crippen LogP contribution in [-0.2, 0) is 14.3 Å². The molecule has 1 aliphatic carbocycles. The van der Waals surface area contributed by atoms with E-state index in [1.807, 2.05) is 4.90 Å². The fourth-order valence-corrected chi connectivity index (χ4v) is 3.46. The third-order valence-electron chi connectivity index (χ3n) is 4.63. The maximum Gasteiger partial charge on any atom is 0.241 e. The minimum absolute atomic E-state index is 0.0272. The molecule has 1 N–H and O–H groups in total. The van der Waals surface area contributed by atoms with Gasteiger partial charge in [0.1, 0.15) is 0 Å². The van der Waals surface area contributed by atoms with Gasteiger partial charge >= 0.3 is 0 Å². The van der Waals surface area contributed by atoms with Gasteiger partial charge in [-0.3, -0.25) is 10.1 Å². The normalized spacial score (nSPS) is 29.4. The van der Waals surface area contributed by atoms with E-state index in [4.69, 9.17) is 9.47 Å². The molecule has 2 aliphatic rings. The van der Waals surface area contributed by atoms with Crippen LogP contribution in [0.3, 0.4) is 0 Å². The van der Waals surface area contributed by atoms with Crippen LogP contribution in [0.15, 0.2) is 0 Å². The van der Waals surface area contributed by atoms with Crippen molar-refractivity contribution in [3.8, 4) is 0 Å². The lowest BCUT2D eigenvalue weighted by atomic mass is 10.0. The quantitative estimate of drug-likeness (QED) is 0.767. The first-order valence-electron chi connectivity index (χ1n) is 7.79. The van der Waals surface area contributed by atoms with Gasteiger partial charge in [-0.25, -0.2) is 0 Å². The molecule has 0 aromatic rings. The molecule has 3 atom stereocenters. The molecule has 0 radical (unpaired) electrons. The molecule has 1 heterocycles. The molecule has 0 aromatic carbocycles. The van der Waals surface area contributed by atoms with E-state index < -0.39 is 0 Å². The molecule has 5 heteroatoms. The highest BCUT2D eigenvalue weighted by molar-refractivity contribution is 5.84. The van der Waals surface area contributed by atoms with Crippen LogP contribution in [0.2, 0.25) is 0 Å². The maximum atomic E-state index is 12.5. The van der Waals surface area contributed by atoms with Crippen LogP contribution in [0.1, 0.15) is 39.0 Å². The Labute approximate surface area is 122 Å². The minimum atomic E-state index is -0.0507. The largest absolute Gasteiger partial charge is 0.382 e. The summed E-state index contributed by atoms with van der Waals surface area (Å²) in [5.41, 5.74) is 0. The first kappa shape index (κ1) is 15.7. The van der Waals surface area contributed by atoms with Gasteiger partial charge in [0.05, 0.1) is 31.5 Å². The number of carbonyl (C=O) groups excluding carboxylic acids is 1. The van der Waals surface area contributed by atoms with E-state index in [9.17, 15) is 4.79 Å². The van der Waals surface area contributed by atoms with Crippen LogP contribution in [0.4, 0.5) is 0 Å². The molecule has 20 heavy (non-hydrogen) atoms. The average Bonchev–Trinajstić information content (AvgIpc) is 3.07. The van der Waals surface area contributed by atoms with Crippen molar-refractivity contribution in [2.24, 2.45) is 5.92 Å². The topological polar surface area (TPSA) is 50.8 Å². The van der Waals surface area contributed by atoms with Crippen LogP contribution in [0, 0.1) is 5.92 Å². The number of nitrogens with zero attached hydrogens (tertiary/aromatic N) is 1. The standard InChI is InChI=1S/C15H28N2O3/c1-4-13-15(18)17(9-12(20-3)10-19-2)14(16-13)11-7-5-6-8-11/h11-14,16H,4-10H2,1-3H3. The van der Waals surface area contributed by atoms with Gasteiger partial charge < -0.3 is 14.4 Å². The van der Waals surface area contributed by atoms with Crippen molar-refractivity contribution in [2.45, 2.75) is 57.3 Å². The number of methoxy groups -OCH3 is 2. The predicted molar refractivity (Wildman–Crippen MR) is 77.3 cm³/mol. The number of hydrogen-bond acceptors (Lipinski definition) is 4. The van der Waals surface area contributed by atoms with Crippen molar-refractivity contribution in [3.05, 3.63) is 0 Å². The summed E-state index contributed by atoms with van der Waals surface area (Å²) in [6, 6.07) is -0.0272. The van der Waals surface area contributed by atoms with Crippen LogP contribution in [0.25, 0.3) is 0 Å². The lowest BCUT2D eigenvalue weighted by Gasteiger charge is -2.31. The fraction of sp³-hybridized carbons (Fsp3) is 0.933. The second-order valence-corrected chi connectivity index (χ2v) is 5.92. The van der Waals surface area contributed by atoms with Crippen molar-refractivity contribution >= 4 is 5.91 Å². The van der Waals surface area contributed by atoms with Crippen molar-refractivity contribution in [2.75, 3.05) is 27.4 Å². The number of carbonyl (C=O) groups is 1. The Kier molecular flexibility index (Phi) is 5.81. The molecule has 1 amide bonds. The Balaban J connectivity index is 2.05. The summed E-state index contributed by atoms with van der Waals surface area (Å²) in [5.74, 6) is 0.818. The third-order valence-corrected chi connectivity index (χ3v) is 4.63. The van der Waals surface area contributed by atoms with Crippen molar-refractivity contribution in [3.63, 3.8) is 0 Å². The van der Waals surface area contributed by atoms with Crippen LogP contribution < -0.4 is 5.32 Å². The zero-order chi connectivity index (χ0) is 14.5. The monoisotopic (exact) mass is 284 g/mol. The van der Waals surface area contributed by atoms with E-state index in [0.29, 0.717) is 19.1 Å². The lowest BCUT2D eigenvalue weighted by Crippen LogP contribution is -2.47. The summed E-state index contributed by atoms with van der Waals surface area (Å²) in [5, 5.41) is 3.53. The van der Waals surface area contributed by atoms with Gasteiger partial charge in [-0.2, -0.15) is 0 Å². The van der Waals surface area contributed by atoms with E-state index in [2.05, 4.69) is 12.2 Å². The first-order valence-corrected chi connectivity index (χ1v) is 7.79. The number of ether oxygens (including phenoxy) is 2. The molecular weight excluding hydrogens is 256 g/mol. The molecule has 2 fully saturated rings. The van der Waals surface area contributed by atoms with Gasteiger partial charge in [0, 0.05) is 14.2 Å². The highest BCUT2D eigenvalue weighted by Gasteiger charge is 2.43. The molecule has 1 saturated heterocycles. The van der Waals surface area contributed by atoms with Gasteiger partial charge in [-0.15, -0.1) is 0 Å². The molecular formula is C15H28N2O3. The molecule has 1 aliphatic heterocycles. The fourth-order valence-electron chi connectivity index (χ4n) is 3.46. The Morgan fingerprint density at radius 1 is 1.35 bits per heavy atom. The minimum Gasteiger partial charge on any atom is -0.382 e. The molecule has 2 rings (SSSR count). The second kappa shape index (κ2) is 7.38. The average molecular weight is 284 g/mol. The second-order valence-electron chi connectivity index (χ2n) is 5.92. The van der Waals surface area contributed by atoms with Crippen LogP contribution in [0.5, 0.6) is 0 Å². The van der Waals surface area contributed by atoms with Crippen molar-refractivity contribution < 1.29 is 14.3 Å². The van der Waals surface area contributed by atoms with Gasteiger partial charge in [0.15, 0.2) is 0 Å². The number of hydrogen-bond donors (Lipinski definition) is 1. The summed E-state index contributed by atoms with van der Waals surface area (Å²) in [4.78, 5) is 14.5. The highest BCUT2D eigenvalue weighted by Crippen LogP contribution is 2.32. The first-order chi connectivity index (χ1) is 9.71. The molecule has 116 valence electrons. The summed E-state index contributed by atoms with van der Waals surface area (Å²) in [6.45, 7) is 3.20. The molecule has 3 unspecified atom stereocenters. The smallest absolute Gasteiger partial charge is 0.241 e. The number of nitrogens with one attached hydrogen (secondary N) is 1. The Bertz CT molecular complexity index is 318. The van der Waals surface area contributed by atoms with Gasteiger partial charge in [-0.1, -0.05) is 19.8 Å². The van der Waals surface area contributed by atoms with Crippen molar-refractivity contribution in [1.29, 1.82) is 0 Å². The highest BCUT2D eigenvalue weighted by atomic mass is 16.5. The van der Waals surface area contributed by atoms with E-state index in [0.717, 1.165) is 6.42 Å². The van der Waals surface area contributed by atoms with Gasteiger partial charge in [0.2, 0.25) is 5.91 Å². The molecule has 5 nitrogen and oxygen atoms in total. The van der Waals surface area contributed by atoms with Crippen LogP contribution in [-0.4, -0.2) is 56.5 Å². The van der Waals surface area contributed by atoms with E-state index >= 15 is 0 Å². The number of rotatable bonds is 7. The SMILES string of the molecule is CCC1NC(C2CCCC2)N(CC(COC)OC)C1=O. The molecule has 1 saturated carbocycles. The number of amides is 1. The summed E-state index contributed by atoms with van der Waals surface area (Å²) in [7, 11) is 3.35. The molecule has 0 bridgehead atoms. The zero-order valence-corrected chi connectivity index (χ0v) is 12.9. The zero-order valence-electron chi connectivity index (χ0n) is 12.9. The molecule has 0 spiro atoms. The van der Waals surface area contributed by atoms with Gasteiger partial charge in [-0.05, 0) is 25.2 Å². The predicted octanol–water partition coefficient (Wildman–Crippen LogP) is 1.37. The van der Waals surface area contributed by atoms with Gasteiger partial charge in [0.25, 0.3) is 0 Å². The summed E-state index contributed by atoms with van der Waals surface area (Å²) >= 11 is 0. The Morgan fingerprint density at radius 2 is 2.05 bits per heavy atom. The van der Waals surface area contributed by atoms with Crippen molar-refractivity contribution in [1.82, 2.24) is 10.2 Å². The van der Waals surface area contributed by atoms with E-state index in [-0.39, 0.29) is 24.2 Å². The third kappa shape index (κ3) is 3.32. The Morgan fingerprint density at radius 3 is 2.60 bits per heavy atom. The molecule has 0 aromatic heterocycles. The van der Waals surface area contributed by atoms with E-state index in [1.54, 1.807) is 14.2 Å². The Hall–Kier alpha value is -0.650. The lowest BCUT2D eigenvalue weighted by molar-refractivity contribution is -0.133. The maximum absolute atomic E-state index is 12.5. The van der Waals surface area contributed by atoms with E-state index in [1.165, 1.54) is 25.7 Å².